The van der Waals surface area contributed by atoms with Crippen molar-refractivity contribution in [3.05, 3.63) is 52.0 Å². The fourth-order valence-corrected chi connectivity index (χ4v) is 3.64. The van der Waals surface area contributed by atoms with Crippen LogP contribution in [0.25, 0.3) is 0 Å². The van der Waals surface area contributed by atoms with E-state index in [9.17, 15) is 4.79 Å². The second-order valence-corrected chi connectivity index (χ2v) is 7.78. The summed E-state index contributed by atoms with van der Waals surface area (Å²) in [4.78, 5) is 14.9. The summed E-state index contributed by atoms with van der Waals surface area (Å²) in [5.41, 5.74) is 10.3. The molecule has 0 bridgehead atoms. The number of nitrogen functional groups attached to an aromatic ring is 1. The van der Waals surface area contributed by atoms with Crippen molar-refractivity contribution in [1.29, 1.82) is 0 Å². The largest absolute Gasteiger partial charge is 0.397 e. The van der Waals surface area contributed by atoms with Gasteiger partial charge in [0.1, 0.15) is 0 Å². The van der Waals surface area contributed by atoms with Crippen LogP contribution < -0.4 is 16.0 Å². The van der Waals surface area contributed by atoms with Crippen LogP contribution in [0, 0.1) is 12.8 Å². The number of nitrogens with one attached hydrogen (secondary N) is 1. The lowest BCUT2D eigenvalue weighted by Crippen LogP contribution is -2.33. The van der Waals surface area contributed by atoms with E-state index in [0.717, 1.165) is 34.7 Å². The van der Waals surface area contributed by atoms with Crippen LogP contribution in [0.2, 0.25) is 0 Å². The Hall–Kier alpha value is -2.01. The first-order chi connectivity index (χ1) is 11.9. The first-order valence-electron chi connectivity index (χ1n) is 8.66. The Balaban J connectivity index is 1.84. The maximum Gasteiger partial charge on any atom is 0.255 e. The lowest BCUT2D eigenvalue weighted by atomic mass is 9.98. The van der Waals surface area contributed by atoms with Gasteiger partial charge < -0.3 is 16.0 Å². The Morgan fingerprint density at radius 2 is 1.96 bits per heavy atom. The fourth-order valence-electron chi connectivity index (χ4n) is 3.24. The molecule has 3 rings (SSSR count). The van der Waals surface area contributed by atoms with Crippen molar-refractivity contribution >= 4 is 38.9 Å². The molecule has 1 fully saturated rings. The lowest BCUT2D eigenvalue weighted by molar-refractivity contribution is 0.102. The van der Waals surface area contributed by atoms with Crippen molar-refractivity contribution < 1.29 is 4.79 Å². The maximum atomic E-state index is 12.5. The molecule has 1 aliphatic rings. The van der Waals surface area contributed by atoms with Crippen LogP contribution in [0.1, 0.15) is 35.7 Å². The molecule has 1 saturated heterocycles. The van der Waals surface area contributed by atoms with Gasteiger partial charge in [-0.15, -0.1) is 0 Å². The molecular weight excluding hydrogens is 378 g/mol. The van der Waals surface area contributed by atoms with Gasteiger partial charge in [-0.3, -0.25) is 4.79 Å². The topological polar surface area (TPSA) is 58.4 Å². The van der Waals surface area contributed by atoms with Gasteiger partial charge in [0.15, 0.2) is 0 Å². The Labute approximate surface area is 157 Å². The third-order valence-corrected chi connectivity index (χ3v) is 5.32. The fraction of sp³-hybridized carbons (Fsp3) is 0.350. The van der Waals surface area contributed by atoms with Gasteiger partial charge in [0, 0.05) is 28.8 Å². The van der Waals surface area contributed by atoms with Crippen LogP contribution in [0.4, 0.5) is 17.1 Å². The van der Waals surface area contributed by atoms with Crippen LogP contribution in [0.15, 0.2) is 40.9 Å². The number of piperidine rings is 1. The van der Waals surface area contributed by atoms with Crippen molar-refractivity contribution in [2.24, 2.45) is 5.92 Å². The predicted octanol–water partition coefficient (Wildman–Crippen LogP) is 4.83. The lowest BCUT2D eigenvalue weighted by Gasteiger charge is -2.33. The number of hydrogen-bond donors (Lipinski definition) is 2. The van der Waals surface area contributed by atoms with Gasteiger partial charge in [0.25, 0.3) is 5.91 Å². The number of benzene rings is 2. The van der Waals surface area contributed by atoms with E-state index in [2.05, 4.69) is 40.0 Å². The summed E-state index contributed by atoms with van der Waals surface area (Å²) in [6.45, 7) is 6.47. The molecule has 5 heteroatoms. The Morgan fingerprint density at radius 1 is 1.24 bits per heavy atom. The number of rotatable bonds is 3. The third kappa shape index (κ3) is 4.15. The number of halogens is 1. The maximum absolute atomic E-state index is 12.5. The Kier molecular flexibility index (Phi) is 5.33. The highest BCUT2D eigenvalue weighted by Crippen LogP contribution is 2.32. The van der Waals surface area contributed by atoms with Gasteiger partial charge in [0.05, 0.1) is 11.4 Å². The molecule has 0 spiro atoms. The number of carbonyl (C=O) groups excluding carboxylic acids is 1. The zero-order valence-corrected chi connectivity index (χ0v) is 16.3. The molecule has 2 aromatic rings. The highest BCUT2D eigenvalue weighted by molar-refractivity contribution is 9.10. The number of hydrogen-bond acceptors (Lipinski definition) is 3. The second-order valence-electron chi connectivity index (χ2n) is 6.86. The van der Waals surface area contributed by atoms with Crippen LogP contribution in [-0.2, 0) is 0 Å². The van der Waals surface area contributed by atoms with E-state index in [1.54, 1.807) is 12.1 Å². The van der Waals surface area contributed by atoms with Gasteiger partial charge in [0.2, 0.25) is 0 Å². The van der Waals surface area contributed by atoms with Crippen molar-refractivity contribution in [1.82, 2.24) is 0 Å². The molecule has 4 nitrogen and oxygen atoms in total. The van der Waals surface area contributed by atoms with E-state index < -0.39 is 0 Å². The van der Waals surface area contributed by atoms with E-state index in [1.807, 2.05) is 24.3 Å². The first kappa shape index (κ1) is 17.8. The van der Waals surface area contributed by atoms with Crippen LogP contribution >= 0.6 is 15.9 Å². The first-order valence-corrected chi connectivity index (χ1v) is 9.45. The smallest absolute Gasteiger partial charge is 0.255 e. The van der Waals surface area contributed by atoms with Gasteiger partial charge in [-0.1, -0.05) is 28.9 Å². The average molecular weight is 402 g/mol. The van der Waals surface area contributed by atoms with E-state index >= 15 is 0 Å². The summed E-state index contributed by atoms with van der Waals surface area (Å²) in [6, 6.07) is 11.3. The summed E-state index contributed by atoms with van der Waals surface area (Å²) >= 11 is 3.40. The van der Waals surface area contributed by atoms with Crippen molar-refractivity contribution in [2.75, 3.05) is 29.0 Å². The van der Waals surface area contributed by atoms with Crippen LogP contribution in [-0.4, -0.2) is 19.0 Å². The van der Waals surface area contributed by atoms with E-state index in [0.29, 0.717) is 16.9 Å². The molecule has 2 aromatic carbocycles. The summed E-state index contributed by atoms with van der Waals surface area (Å²) in [6.07, 6.45) is 2.40. The summed E-state index contributed by atoms with van der Waals surface area (Å²) in [7, 11) is 0. The van der Waals surface area contributed by atoms with Crippen molar-refractivity contribution in [2.45, 2.75) is 26.7 Å². The molecule has 0 radical (unpaired) electrons. The Bertz CT molecular complexity index is 783. The quantitative estimate of drug-likeness (QED) is 0.724. The highest BCUT2D eigenvalue weighted by Gasteiger charge is 2.19. The molecule has 1 heterocycles. The molecular formula is C20H24BrN3O. The zero-order chi connectivity index (χ0) is 18.0. The minimum Gasteiger partial charge on any atom is -0.397 e. The molecule has 132 valence electrons. The van der Waals surface area contributed by atoms with Crippen molar-refractivity contribution in [3.8, 4) is 0 Å². The summed E-state index contributed by atoms with van der Waals surface area (Å²) in [5.74, 6) is 0.621. The highest BCUT2D eigenvalue weighted by atomic mass is 79.9. The molecule has 0 aliphatic carbocycles. The van der Waals surface area contributed by atoms with E-state index in [-0.39, 0.29) is 5.91 Å². The van der Waals surface area contributed by atoms with Crippen LogP contribution in [0.5, 0.6) is 0 Å². The second kappa shape index (κ2) is 7.48. The number of carbonyl (C=O) groups is 1. The van der Waals surface area contributed by atoms with Gasteiger partial charge in [-0.25, -0.2) is 0 Å². The standard InChI is InChI=1S/C20H24BrN3O/c1-13-6-8-24(9-7-13)19-12-18(17(22)10-14(19)2)23-20(25)15-4-3-5-16(21)11-15/h3-5,10-13H,6-9,22H2,1-2H3,(H,23,25). The Morgan fingerprint density at radius 3 is 2.64 bits per heavy atom. The monoisotopic (exact) mass is 401 g/mol. The number of amides is 1. The molecule has 1 amide bonds. The normalized spacial score (nSPS) is 15.2. The zero-order valence-electron chi connectivity index (χ0n) is 14.7. The molecule has 0 unspecified atom stereocenters. The molecule has 0 saturated carbocycles. The van der Waals surface area contributed by atoms with Crippen molar-refractivity contribution in [3.63, 3.8) is 0 Å². The third-order valence-electron chi connectivity index (χ3n) is 4.83. The van der Waals surface area contributed by atoms with Gasteiger partial charge >= 0.3 is 0 Å². The number of nitrogens with two attached hydrogens (primary N) is 1. The summed E-state index contributed by atoms with van der Waals surface area (Å²) < 4.78 is 0.875. The predicted molar refractivity (Wildman–Crippen MR) is 108 cm³/mol. The van der Waals surface area contributed by atoms with E-state index in [4.69, 9.17) is 5.73 Å². The minimum absolute atomic E-state index is 0.157. The average Bonchev–Trinajstić information content (AvgIpc) is 2.58. The SMILES string of the molecule is Cc1cc(N)c(NC(=O)c2cccc(Br)c2)cc1N1CCC(C)CC1. The van der Waals surface area contributed by atoms with Gasteiger partial charge in [-0.05, 0) is 61.6 Å². The van der Waals surface area contributed by atoms with E-state index in [1.165, 1.54) is 12.8 Å². The molecule has 0 aromatic heterocycles. The number of anilines is 3. The molecule has 3 N–H and O–H groups in total. The molecule has 0 atom stereocenters. The van der Waals surface area contributed by atoms with Gasteiger partial charge in [-0.2, -0.15) is 0 Å². The molecule has 25 heavy (non-hydrogen) atoms. The summed E-state index contributed by atoms with van der Waals surface area (Å²) in [5, 5.41) is 2.96. The van der Waals surface area contributed by atoms with Crippen LogP contribution in [0.3, 0.4) is 0 Å². The molecule has 1 aliphatic heterocycles. The number of nitrogens with zero attached hydrogens (tertiary/aromatic N) is 1. The minimum atomic E-state index is -0.157. The number of aryl methyl sites for hydroxylation is 1.